The summed E-state index contributed by atoms with van der Waals surface area (Å²) in [5.41, 5.74) is 0. The van der Waals surface area contributed by atoms with Crippen molar-refractivity contribution in [3.05, 3.63) is 24.3 Å². The lowest BCUT2D eigenvalue weighted by atomic mass is 10.0. The number of aliphatic hydroxyl groups is 2. The van der Waals surface area contributed by atoms with E-state index in [1.165, 1.54) is 96.0 Å². The quantitative estimate of drug-likeness (QED) is 0.0394. The van der Waals surface area contributed by atoms with Crippen molar-refractivity contribution < 1.29 is 28.0 Å². The fraction of sp³-hybridized carbons (Fsp3) is 0.848. The van der Waals surface area contributed by atoms with Gasteiger partial charge in [-0.3, -0.25) is 9.35 Å². The Kier molecular flexibility index (Phi) is 26.8. The number of hydrogen-bond donors (Lipinski definition) is 4. The number of carbonyl (C=O) groups is 1. The topological polar surface area (TPSA) is 124 Å². The molecule has 3 unspecified atom stereocenters. The highest BCUT2D eigenvalue weighted by atomic mass is 32.2. The molecule has 0 heterocycles. The number of rotatable bonds is 29. The molecule has 3 atom stereocenters. The Morgan fingerprint density at radius 3 is 1.61 bits per heavy atom. The van der Waals surface area contributed by atoms with Crippen molar-refractivity contribution in [2.24, 2.45) is 0 Å². The zero-order valence-electron chi connectivity index (χ0n) is 26.3. The molecule has 0 radical (unpaired) electrons. The molecular formula is C33H63NO6S. The Morgan fingerprint density at radius 2 is 1.10 bits per heavy atom. The zero-order chi connectivity index (χ0) is 30.6. The van der Waals surface area contributed by atoms with Gasteiger partial charge in [-0.1, -0.05) is 147 Å². The summed E-state index contributed by atoms with van der Waals surface area (Å²) in [6.45, 7) is 4.42. The van der Waals surface area contributed by atoms with Crippen molar-refractivity contribution in [2.45, 2.75) is 173 Å². The Balaban J connectivity index is 4.14. The summed E-state index contributed by atoms with van der Waals surface area (Å²) in [7, 11) is -4.44. The van der Waals surface area contributed by atoms with Gasteiger partial charge < -0.3 is 15.5 Å². The van der Waals surface area contributed by atoms with E-state index < -0.39 is 40.0 Å². The molecule has 41 heavy (non-hydrogen) atoms. The number of unbranched alkanes of at least 4 members (excludes halogenated alkanes) is 18. The lowest BCUT2D eigenvalue weighted by Crippen LogP contribution is -2.50. The van der Waals surface area contributed by atoms with Crippen LogP contribution in [-0.4, -0.2) is 53.1 Å². The molecule has 7 nitrogen and oxygen atoms in total. The van der Waals surface area contributed by atoms with Crippen LogP contribution in [0.25, 0.3) is 0 Å². The molecule has 242 valence electrons. The van der Waals surface area contributed by atoms with E-state index in [1.807, 2.05) is 0 Å². The Morgan fingerprint density at radius 1 is 0.659 bits per heavy atom. The van der Waals surface area contributed by atoms with Gasteiger partial charge in [0, 0.05) is 0 Å². The first-order chi connectivity index (χ1) is 19.7. The van der Waals surface area contributed by atoms with Crippen LogP contribution in [0.2, 0.25) is 0 Å². The van der Waals surface area contributed by atoms with Crippen LogP contribution in [0.5, 0.6) is 0 Å². The van der Waals surface area contributed by atoms with Crippen molar-refractivity contribution in [3.63, 3.8) is 0 Å². The minimum atomic E-state index is -4.44. The van der Waals surface area contributed by atoms with Crippen molar-refractivity contribution >= 4 is 16.0 Å². The monoisotopic (exact) mass is 601 g/mol. The summed E-state index contributed by atoms with van der Waals surface area (Å²) in [6, 6.07) is -1.24. The molecule has 0 rings (SSSR count). The smallest absolute Gasteiger partial charge is 0.267 e. The van der Waals surface area contributed by atoms with Crippen LogP contribution in [0.15, 0.2) is 24.3 Å². The molecule has 0 fully saturated rings. The summed E-state index contributed by atoms with van der Waals surface area (Å²) >= 11 is 0. The van der Waals surface area contributed by atoms with Gasteiger partial charge in [-0.05, 0) is 32.1 Å². The third-order valence-electron chi connectivity index (χ3n) is 7.49. The summed E-state index contributed by atoms with van der Waals surface area (Å²) in [5.74, 6) is -1.56. The maximum absolute atomic E-state index is 12.5. The average molecular weight is 602 g/mol. The number of carbonyl (C=O) groups excluding carboxylic acids is 1. The van der Waals surface area contributed by atoms with Gasteiger partial charge in [0.2, 0.25) is 5.91 Å². The Bertz CT molecular complexity index is 768. The van der Waals surface area contributed by atoms with Crippen LogP contribution < -0.4 is 5.32 Å². The second kappa shape index (κ2) is 27.6. The van der Waals surface area contributed by atoms with E-state index >= 15 is 0 Å². The van der Waals surface area contributed by atoms with Crippen LogP contribution in [0, 0.1) is 0 Å². The second-order valence-electron chi connectivity index (χ2n) is 11.6. The molecule has 0 spiro atoms. The van der Waals surface area contributed by atoms with Crippen molar-refractivity contribution in [3.8, 4) is 0 Å². The number of amides is 1. The molecule has 0 aliphatic carbocycles. The Labute approximate surface area is 252 Å². The second-order valence-corrected chi connectivity index (χ2v) is 13.1. The standard InChI is InChI=1S/C33H63NO6S/c1-3-5-7-9-11-13-14-15-16-17-18-20-22-24-26-28-32(36)33(37)34-30(29-41(38,39)40)31(35)27-25-23-21-19-12-10-8-6-4-2/h12,19,25,27,30-32,35-36H,3-11,13-18,20-24,26,28-29H2,1-2H3,(H,34,37)(H,38,39,40)/b19-12+,27-25+. The van der Waals surface area contributed by atoms with E-state index in [4.69, 9.17) is 0 Å². The van der Waals surface area contributed by atoms with Crippen molar-refractivity contribution in [1.29, 1.82) is 0 Å². The highest BCUT2D eigenvalue weighted by Gasteiger charge is 2.27. The lowest BCUT2D eigenvalue weighted by molar-refractivity contribution is -0.130. The minimum Gasteiger partial charge on any atom is -0.387 e. The van der Waals surface area contributed by atoms with E-state index in [0.717, 1.165) is 32.1 Å². The zero-order valence-corrected chi connectivity index (χ0v) is 27.1. The van der Waals surface area contributed by atoms with E-state index in [9.17, 15) is 28.0 Å². The fourth-order valence-corrected chi connectivity index (χ4v) is 5.62. The van der Waals surface area contributed by atoms with E-state index in [0.29, 0.717) is 12.8 Å². The molecule has 0 saturated carbocycles. The van der Waals surface area contributed by atoms with Gasteiger partial charge in [-0.2, -0.15) is 8.42 Å². The molecule has 0 bridgehead atoms. The predicted molar refractivity (Wildman–Crippen MR) is 172 cm³/mol. The van der Waals surface area contributed by atoms with Gasteiger partial charge in [0.1, 0.15) is 6.10 Å². The number of aliphatic hydroxyl groups excluding tert-OH is 2. The predicted octanol–water partition coefficient (Wildman–Crippen LogP) is 7.82. The number of nitrogens with one attached hydrogen (secondary N) is 1. The largest absolute Gasteiger partial charge is 0.387 e. The molecule has 4 N–H and O–H groups in total. The van der Waals surface area contributed by atoms with Crippen LogP contribution in [0.4, 0.5) is 0 Å². The molecule has 0 aromatic carbocycles. The van der Waals surface area contributed by atoms with Crippen molar-refractivity contribution in [1.82, 2.24) is 5.32 Å². The van der Waals surface area contributed by atoms with Gasteiger partial charge >= 0.3 is 0 Å². The molecule has 0 saturated heterocycles. The molecule has 1 amide bonds. The first-order valence-electron chi connectivity index (χ1n) is 16.6. The summed E-state index contributed by atoms with van der Waals surface area (Å²) < 4.78 is 32.2. The maximum Gasteiger partial charge on any atom is 0.267 e. The molecule has 0 aromatic rings. The third-order valence-corrected chi connectivity index (χ3v) is 8.27. The van der Waals surface area contributed by atoms with Crippen LogP contribution in [0.3, 0.4) is 0 Å². The third kappa shape index (κ3) is 27.4. The Hall–Kier alpha value is -1.22. The summed E-state index contributed by atoms with van der Waals surface area (Å²) in [5, 5.41) is 23.1. The van der Waals surface area contributed by atoms with Crippen LogP contribution in [-0.2, 0) is 14.9 Å². The van der Waals surface area contributed by atoms with E-state index in [1.54, 1.807) is 6.08 Å². The van der Waals surface area contributed by atoms with Crippen LogP contribution in [0.1, 0.15) is 155 Å². The highest BCUT2D eigenvalue weighted by Crippen LogP contribution is 2.14. The first kappa shape index (κ1) is 39.8. The minimum absolute atomic E-state index is 0.277. The fourth-order valence-electron chi connectivity index (χ4n) is 4.88. The van der Waals surface area contributed by atoms with Gasteiger partial charge in [-0.25, -0.2) is 0 Å². The number of allylic oxidation sites excluding steroid dienone is 3. The van der Waals surface area contributed by atoms with Gasteiger partial charge in [0.05, 0.1) is 17.9 Å². The van der Waals surface area contributed by atoms with Gasteiger partial charge in [0.25, 0.3) is 10.1 Å². The van der Waals surface area contributed by atoms with E-state index in [-0.39, 0.29) is 6.42 Å². The summed E-state index contributed by atoms with van der Waals surface area (Å²) in [4.78, 5) is 12.5. The maximum atomic E-state index is 12.5. The highest BCUT2D eigenvalue weighted by molar-refractivity contribution is 7.85. The van der Waals surface area contributed by atoms with Gasteiger partial charge in [-0.15, -0.1) is 0 Å². The molecular weight excluding hydrogens is 538 g/mol. The van der Waals surface area contributed by atoms with Crippen LogP contribution >= 0.6 is 0 Å². The number of hydrogen-bond acceptors (Lipinski definition) is 5. The molecule has 0 aliphatic heterocycles. The average Bonchev–Trinajstić information content (AvgIpc) is 2.92. The molecule has 8 heteroatoms. The first-order valence-corrected chi connectivity index (χ1v) is 18.3. The normalized spacial score (nSPS) is 14.6. The van der Waals surface area contributed by atoms with E-state index in [2.05, 4.69) is 31.3 Å². The SMILES string of the molecule is CCCCC/C=C/CC/C=C/C(O)C(CS(=O)(=O)O)NC(=O)C(O)CCCCCCCCCCCCCCCCC. The lowest BCUT2D eigenvalue weighted by Gasteiger charge is -2.22. The van der Waals surface area contributed by atoms with Crippen molar-refractivity contribution in [2.75, 3.05) is 5.75 Å². The summed E-state index contributed by atoms with van der Waals surface area (Å²) in [6.07, 6.45) is 29.6. The molecule has 0 aliphatic rings. The molecule has 0 aromatic heterocycles. The van der Waals surface area contributed by atoms with Gasteiger partial charge in [0.15, 0.2) is 0 Å².